The van der Waals surface area contributed by atoms with Crippen LogP contribution >= 0.6 is 0 Å². The van der Waals surface area contributed by atoms with Crippen LogP contribution in [0.5, 0.6) is 0 Å². The minimum Gasteiger partial charge on any atom is -0.373 e. The summed E-state index contributed by atoms with van der Waals surface area (Å²) in [5.74, 6) is 0. The average molecular weight is 149 g/mol. The fourth-order valence-corrected chi connectivity index (χ4v) is 1.33. The first kappa shape index (κ1) is 6.80. The third-order valence-electron chi connectivity index (χ3n) is 2.11. The van der Waals surface area contributed by atoms with E-state index in [9.17, 15) is 0 Å². The minimum absolute atomic E-state index is 0.345. The highest BCUT2D eigenvalue weighted by atomic mass is 16.5. The number of nitrogens with zero attached hydrogens (tertiary/aromatic N) is 1. The Morgan fingerprint density at radius 2 is 2.45 bits per heavy atom. The Kier molecular flexibility index (Phi) is 1.62. The topological polar surface area (TPSA) is 22.1 Å². The van der Waals surface area contributed by atoms with E-state index in [0.717, 1.165) is 13.0 Å². The number of hydrogen-bond donors (Lipinski definition) is 0. The van der Waals surface area contributed by atoms with Crippen molar-refractivity contribution in [3.63, 3.8) is 0 Å². The molecule has 0 N–H and O–H groups in total. The Bertz CT molecular complexity index is 255. The van der Waals surface area contributed by atoms with Crippen molar-refractivity contribution in [2.24, 2.45) is 0 Å². The molecule has 1 aliphatic heterocycles. The van der Waals surface area contributed by atoms with Gasteiger partial charge in [0.25, 0.3) is 0 Å². The first-order valence-electron chi connectivity index (χ1n) is 3.90. The van der Waals surface area contributed by atoms with Gasteiger partial charge in [-0.05, 0) is 24.1 Å². The molecule has 0 bridgehead atoms. The van der Waals surface area contributed by atoms with Crippen molar-refractivity contribution in [3.8, 4) is 0 Å². The molecule has 1 fully saturated rings. The van der Waals surface area contributed by atoms with E-state index in [1.165, 1.54) is 11.1 Å². The molecule has 1 atom stereocenters. The molecule has 0 amide bonds. The Balaban J connectivity index is 2.28. The first-order chi connectivity index (χ1) is 5.38. The molecule has 1 aromatic heterocycles. The number of aryl methyl sites for hydroxylation is 1. The van der Waals surface area contributed by atoms with Crippen LogP contribution < -0.4 is 0 Å². The molecule has 1 saturated heterocycles. The van der Waals surface area contributed by atoms with Crippen LogP contribution in [-0.2, 0) is 4.74 Å². The molecular weight excluding hydrogens is 138 g/mol. The largest absolute Gasteiger partial charge is 0.373 e. The molecule has 1 aliphatic rings. The van der Waals surface area contributed by atoms with Gasteiger partial charge in [0.2, 0.25) is 0 Å². The summed E-state index contributed by atoms with van der Waals surface area (Å²) >= 11 is 0. The molecule has 1 aromatic rings. The van der Waals surface area contributed by atoms with Gasteiger partial charge in [-0.25, -0.2) is 0 Å². The second kappa shape index (κ2) is 2.62. The lowest BCUT2D eigenvalue weighted by Gasteiger charge is -2.27. The summed E-state index contributed by atoms with van der Waals surface area (Å²) in [5, 5.41) is 0. The molecule has 2 rings (SSSR count). The summed E-state index contributed by atoms with van der Waals surface area (Å²) in [5.41, 5.74) is 2.53. The Hall–Kier alpha value is -0.890. The molecule has 0 spiro atoms. The third kappa shape index (κ3) is 1.14. The molecular formula is C9H11NO. The van der Waals surface area contributed by atoms with E-state index in [1.54, 1.807) is 0 Å². The van der Waals surface area contributed by atoms with Crippen molar-refractivity contribution >= 4 is 0 Å². The normalized spacial score (nSPS) is 22.8. The van der Waals surface area contributed by atoms with Crippen LogP contribution in [0.25, 0.3) is 0 Å². The van der Waals surface area contributed by atoms with Crippen molar-refractivity contribution in [3.05, 3.63) is 29.6 Å². The van der Waals surface area contributed by atoms with Crippen molar-refractivity contribution < 1.29 is 4.74 Å². The van der Waals surface area contributed by atoms with E-state index < -0.39 is 0 Å². The Morgan fingerprint density at radius 1 is 1.64 bits per heavy atom. The summed E-state index contributed by atoms with van der Waals surface area (Å²) in [6.45, 7) is 2.98. The van der Waals surface area contributed by atoms with Crippen LogP contribution in [0.2, 0.25) is 0 Å². The monoisotopic (exact) mass is 149 g/mol. The number of aromatic nitrogens is 1. The van der Waals surface area contributed by atoms with E-state index in [2.05, 4.69) is 11.9 Å². The van der Waals surface area contributed by atoms with Gasteiger partial charge < -0.3 is 4.74 Å². The summed E-state index contributed by atoms with van der Waals surface area (Å²) in [6, 6.07) is 2.04. The van der Waals surface area contributed by atoms with Crippen LogP contribution in [0, 0.1) is 6.92 Å². The molecule has 2 nitrogen and oxygen atoms in total. The van der Waals surface area contributed by atoms with Gasteiger partial charge in [-0.1, -0.05) is 0 Å². The van der Waals surface area contributed by atoms with Crippen LogP contribution in [0.1, 0.15) is 23.7 Å². The van der Waals surface area contributed by atoms with Gasteiger partial charge >= 0.3 is 0 Å². The smallest absolute Gasteiger partial charge is 0.0850 e. The van der Waals surface area contributed by atoms with Crippen LogP contribution in [0.15, 0.2) is 18.5 Å². The number of ether oxygens (including phenoxy) is 1. The molecule has 0 unspecified atom stereocenters. The second-order valence-corrected chi connectivity index (χ2v) is 2.88. The van der Waals surface area contributed by atoms with Gasteiger partial charge in [0, 0.05) is 18.8 Å². The Labute approximate surface area is 66.2 Å². The van der Waals surface area contributed by atoms with Crippen LogP contribution in [0.4, 0.5) is 0 Å². The maximum atomic E-state index is 5.37. The van der Waals surface area contributed by atoms with Gasteiger partial charge in [-0.3, -0.25) is 4.98 Å². The zero-order valence-corrected chi connectivity index (χ0v) is 6.58. The van der Waals surface area contributed by atoms with Gasteiger partial charge in [0.15, 0.2) is 0 Å². The maximum absolute atomic E-state index is 5.37. The van der Waals surface area contributed by atoms with Crippen molar-refractivity contribution in [1.82, 2.24) is 4.98 Å². The zero-order valence-electron chi connectivity index (χ0n) is 6.58. The summed E-state index contributed by atoms with van der Waals surface area (Å²) < 4.78 is 5.37. The standard InChI is InChI=1S/C9H11NO/c1-7-6-10-4-2-8(7)9-3-5-11-9/h2,4,6,9H,3,5H2,1H3/t9-/m1/s1. The Morgan fingerprint density at radius 3 is 3.00 bits per heavy atom. The first-order valence-corrected chi connectivity index (χ1v) is 3.90. The molecule has 2 heteroatoms. The molecule has 0 radical (unpaired) electrons. The molecule has 0 saturated carbocycles. The molecule has 0 aromatic carbocycles. The molecule has 2 heterocycles. The SMILES string of the molecule is Cc1cnccc1[C@H]1CCO1. The predicted molar refractivity (Wildman–Crippen MR) is 42.3 cm³/mol. The molecule has 58 valence electrons. The quantitative estimate of drug-likeness (QED) is 0.608. The van der Waals surface area contributed by atoms with E-state index in [-0.39, 0.29) is 0 Å². The third-order valence-corrected chi connectivity index (χ3v) is 2.11. The highest BCUT2D eigenvalue weighted by molar-refractivity contribution is 5.24. The van der Waals surface area contributed by atoms with Crippen LogP contribution in [-0.4, -0.2) is 11.6 Å². The lowest BCUT2D eigenvalue weighted by Crippen LogP contribution is -2.19. The van der Waals surface area contributed by atoms with Crippen molar-refractivity contribution in [2.75, 3.05) is 6.61 Å². The molecule has 0 aliphatic carbocycles. The second-order valence-electron chi connectivity index (χ2n) is 2.88. The van der Waals surface area contributed by atoms with Gasteiger partial charge in [-0.15, -0.1) is 0 Å². The van der Waals surface area contributed by atoms with E-state index >= 15 is 0 Å². The van der Waals surface area contributed by atoms with E-state index in [0.29, 0.717) is 6.10 Å². The highest BCUT2D eigenvalue weighted by Crippen LogP contribution is 2.30. The zero-order chi connectivity index (χ0) is 7.68. The van der Waals surface area contributed by atoms with Crippen LogP contribution in [0.3, 0.4) is 0 Å². The van der Waals surface area contributed by atoms with E-state index in [1.807, 2.05) is 18.5 Å². The lowest BCUT2D eigenvalue weighted by atomic mass is 10.0. The van der Waals surface area contributed by atoms with Gasteiger partial charge in [0.05, 0.1) is 12.7 Å². The summed E-state index contributed by atoms with van der Waals surface area (Å²) in [4.78, 5) is 4.03. The molecule has 11 heavy (non-hydrogen) atoms. The van der Waals surface area contributed by atoms with Gasteiger partial charge in [-0.2, -0.15) is 0 Å². The lowest BCUT2D eigenvalue weighted by molar-refractivity contribution is -0.0531. The highest BCUT2D eigenvalue weighted by Gasteiger charge is 2.21. The summed E-state index contributed by atoms with van der Waals surface area (Å²) in [6.07, 6.45) is 5.21. The number of pyridine rings is 1. The summed E-state index contributed by atoms with van der Waals surface area (Å²) in [7, 11) is 0. The van der Waals surface area contributed by atoms with E-state index in [4.69, 9.17) is 4.74 Å². The predicted octanol–water partition coefficient (Wildman–Crippen LogP) is 1.85. The number of hydrogen-bond acceptors (Lipinski definition) is 2. The average Bonchev–Trinajstić information content (AvgIpc) is 1.90. The van der Waals surface area contributed by atoms with Crippen molar-refractivity contribution in [2.45, 2.75) is 19.4 Å². The fourth-order valence-electron chi connectivity index (χ4n) is 1.33. The fraction of sp³-hybridized carbons (Fsp3) is 0.444. The minimum atomic E-state index is 0.345. The maximum Gasteiger partial charge on any atom is 0.0850 e. The van der Waals surface area contributed by atoms with Gasteiger partial charge in [0.1, 0.15) is 0 Å². The van der Waals surface area contributed by atoms with Crippen molar-refractivity contribution in [1.29, 1.82) is 0 Å². The number of rotatable bonds is 1.